The molecule has 3 rings (SSSR count). The Morgan fingerprint density at radius 2 is 1.54 bits per heavy atom. The van der Waals surface area contributed by atoms with E-state index < -0.39 is 10.0 Å². The summed E-state index contributed by atoms with van der Waals surface area (Å²) in [5, 5.41) is 0. The molecular formula is C21H27N3O3S. The quantitative estimate of drug-likeness (QED) is 0.745. The number of anilines is 1. The SMILES string of the molecule is CN(C)S(=O)(=O)c1ccc(CCC(=O)N2CCN(c3ccccc3)CC2)cc1. The number of benzene rings is 2. The predicted molar refractivity (Wildman–Crippen MR) is 111 cm³/mol. The van der Waals surface area contributed by atoms with Gasteiger partial charge in [-0.15, -0.1) is 0 Å². The van der Waals surface area contributed by atoms with Crippen LogP contribution in [0.2, 0.25) is 0 Å². The average Bonchev–Trinajstić information content (AvgIpc) is 2.73. The van der Waals surface area contributed by atoms with Gasteiger partial charge < -0.3 is 9.80 Å². The van der Waals surface area contributed by atoms with Crippen LogP contribution in [0.4, 0.5) is 5.69 Å². The summed E-state index contributed by atoms with van der Waals surface area (Å²) in [5.41, 5.74) is 2.16. The summed E-state index contributed by atoms with van der Waals surface area (Å²) < 4.78 is 25.4. The number of carbonyl (C=O) groups is 1. The van der Waals surface area contributed by atoms with E-state index >= 15 is 0 Å². The number of hydrogen-bond acceptors (Lipinski definition) is 4. The van der Waals surface area contributed by atoms with Crippen molar-refractivity contribution in [3.05, 3.63) is 60.2 Å². The number of para-hydroxylation sites is 1. The average molecular weight is 402 g/mol. The molecule has 0 aromatic heterocycles. The lowest BCUT2D eigenvalue weighted by molar-refractivity contribution is -0.131. The van der Waals surface area contributed by atoms with E-state index in [2.05, 4.69) is 17.0 Å². The molecule has 0 N–H and O–H groups in total. The molecule has 1 aliphatic heterocycles. The lowest BCUT2D eigenvalue weighted by atomic mass is 10.1. The molecule has 2 aromatic carbocycles. The van der Waals surface area contributed by atoms with E-state index in [0.717, 1.165) is 31.7 Å². The standard InChI is InChI=1S/C21H27N3O3S/c1-22(2)28(26,27)20-11-8-18(9-12-20)10-13-21(25)24-16-14-23(15-17-24)19-6-4-3-5-7-19/h3-9,11-12H,10,13-17H2,1-2H3. The highest BCUT2D eigenvalue weighted by atomic mass is 32.2. The van der Waals surface area contributed by atoms with Crippen LogP contribution < -0.4 is 4.90 Å². The summed E-state index contributed by atoms with van der Waals surface area (Å²) in [6.45, 7) is 3.14. The Morgan fingerprint density at radius 1 is 0.929 bits per heavy atom. The van der Waals surface area contributed by atoms with Crippen molar-refractivity contribution in [1.82, 2.24) is 9.21 Å². The summed E-state index contributed by atoms with van der Waals surface area (Å²) in [6.07, 6.45) is 1.05. The van der Waals surface area contributed by atoms with Crippen molar-refractivity contribution in [2.24, 2.45) is 0 Å². The lowest BCUT2D eigenvalue weighted by Crippen LogP contribution is -2.48. The Labute approximate surface area is 167 Å². The van der Waals surface area contributed by atoms with Gasteiger partial charge in [0.1, 0.15) is 0 Å². The number of hydrogen-bond donors (Lipinski definition) is 0. The Balaban J connectivity index is 1.50. The van der Waals surface area contributed by atoms with Gasteiger partial charge in [-0.2, -0.15) is 0 Å². The van der Waals surface area contributed by atoms with Crippen LogP contribution in [0.3, 0.4) is 0 Å². The fraction of sp³-hybridized carbons (Fsp3) is 0.381. The monoisotopic (exact) mass is 401 g/mol. The van der Waals surface area contributed by atoms with Crippen LogP contribution in [0.1, 0.15) is 12.0 Å². The number of rotatable bonds is 6. The predicted octanol–water partition coefficient (Wildman–Crippen LogP) is 2.22. The molecule has 0 spiro atoms. The zero-order valence-corrected chi connectivity index (χ0v) is 17.2. The number of carbonyl (C=O) groups excluding carboxylic acids is 1. The summed E-state index contributed by atoms with van der Waals surface area (Å²) in [4.78, 5) is 17.0. The van der Waals surface area contributed by atoms with Crippen LogP contribution in [0, 0.1) is 0 Å². The third-order valence-corrected chi connectivity index (χ3v) is 6.91. The number of nitrogens with zero attached hydrogens (tertiary/aromatic N) is 3. The van der Waals surface area contributed by atoms with Crippen LogP contribution in [-0.2, 0) is 21.2 Å². The molecule has 0 aliphatic carbocycles. The minimum absolute atomic E-state index is 0.151. The highest BCUT2D eigenvalue weighted by molar-refractivity contribution is 7.89. The van der Waals surface area contributed by atoms with E-state index in [-0.39, 0.29) is 10.8 Å². The molecule has 0 unspecified atom stereocenters. The molecule has 2 aromatic rings. The summed E-state index contributed by atoms with van der Waals surface area (Å²) in [6, 6.07) is 17.0. The maximum atomic E-state index is 12.5. The molecule has 1 fully saturated rings. The number of sulfonamides is 1. The molecular weight excluding hydrogens is 374 g/mol. The van der Waals surface area contributed by atoms with E-state index in [4.69, 9.17) is 0 Å². The molecule has 150 valence electrons. The Morgan fingerprint density at radius 3 is 2.11 bits per heavy atom. The van der Waals surface area contributed by atoms with Crippen LogP contribution in [0.15, 0.2) is 59.5 Å². The lowest BCUT2D eigenvalue weighted by Gasteiger charge is -2.36. The minimum Gasteiger partial charge on any atom is -0.368 e. The largest absolute Gasteiger partial charge is 0.368 e. The number of amides is 1. The molecule has 0 atom stereocenters. The van der Waals surface area contributed by atoms with Gasteiger partial charge in [0.2, 0.25) is 15.9 Å². The molecule has 1 heterocycles. The normalized spacial score (nSPS) is 15.1. The molecule has 1 aliphatic rings. The molecule has 0 radical (unpaired) electrons. The van der Waals surface area contributed by atoms with Gasteiger partial charge in [-0.1, -0.05) is 30.3 Å². The van der Waals surface area contributed by atoms with E-state index in [1.807, 2.05) is 23.1 Å². The van der Waals surface area contributed by atoms with Gasteiger partial charge in [0.05, 0.1) is 4.90 Å². The Bertz CT molecular complexity index is 888. The topological polar surface area (TPSA) is 60.9 Å². The van der Waals surface area contributed by atoms with Crippen molar-refractivity contribution in [3.8, 4) is 0 Å². The second kappa shape index (κ2) is 8.75. The fourth-order valence-corrected chi connectivity index (χ4v) is 4.20. The van der Waals surface area contributed by atoms with Gasteiger partial charge >= 0.3 is 0 Å². The second-order valence-corrected chi connectivity index (χ2v) is 9.29. The van der Waals surface area contributed by atoms with Gasteiger partial charge in [-0.25, -0.2) is 12.7 Å². The van der Waals surface area contributed by atoms with Crippen LogP contribution in [-0.4, -0.2) is 63.8 Å². The van der Waals surface area contributed by atoms with Crippen molar-refractivity contribution < 1.29 is 13.2 Å². The molecule has 0 bridgehead atoms. The number of piperazine rings is 1. The first kappa shape index (κ1) is 20.4. The fourth-order valence-electron chi connectivity index (χ4n) is 3.30. The van der Waals surface area contributed by atoms with E-state index in [1.54, 1.807) is 24.3 Å². The maximum Gasteiger partial charge on any atom is 0.242 e. The number of aryl methyl sites for hydroxylation is 1. The van der Waals surface area contributed by atoms with Crippen molar-refractivity contribution in [3.63, 3.8) is 0 Å². The summed E-state index contributed by atoms with van der Waals surface area (Å²) >= 11 is 0. The molecule has 0 saturated carbocycles. The highest BCUT2D eigenvalue weighted by Gasteiger charge is 2.21. The second-order valence-electron chi connectivity index (χ2n) is 7.13. The van der Waals surface area contributed by atoms with Crippen molar-refractivity contribution in [1.29, 1.82) is 0 Å². The summed E-state index contributed by atoms with van der Waals surface area (Å²) in [7, 11) is -0.390. The van der Waals surface area contributed by atoms with E-state index in [9.17, 15) is 13.2 Å². The van der Waals surface area contributed by atoms with Gasteiger partial charge in [0.15, 0.2) is 0 Å². The Hall–Kier alpha value is -2.38. The van der Waals surface area contributed by atoms with Gasteiger partial charge in [-0.3, -0.25) is 4.79 Å². The smallest absolute Gasteiger partial charge is 0.242 e. The zero-order valence-electron chi connectivity index (χ0n) is 16.4. The third-order valence-electron chi connectivity index (χ3n) is 5.08. The minimum atomic E-state index is -3.42. The highest BCUT2D eigenvalue weighted by Crippen LogP contribution is 2.17. The van der Waals surface area contributed by atoms with Crippen molar-refractivity contribution >= 4 is 21.6 Å². The van der Waals surface area contributed by atoms with Crippen LogP contribution >= 0.6 is 0 Å². The first-order chi connectivity index (χ1) is 13.4. The van der Waals surface area contributed by atoms with Crippen LogP contribution in [0.5, 0.6) is 0 Å². The Kier molecular flexibility index (Phi) is 6.36. The molecule has 28 heavy (non-hydrogen) atoms. The summed E-state index contributed by atoms with van der Waals surface area (Å²) in [5.74, 6) is 0.151. The van der Waals surface area contributed by atoms with Crippen LogP contribution in [0.25, 0.3) is 0 Å². The first-order valence-electron chi connectivity index (χ1n) is 9.47. The van der Waals surface area contributed by atoms with Crippen molar-refractivity contribution in [2.75, 3.05) is 45.2 Å². The maximum absolute atomic E-state index is 12.5. The van der Waals surface area contributed by atoms with Gasteiger partial charge in [0.25, 0.3) is 0 Å². The molecule has 1 saturated heterocycles. The molecule has 7 heteroatoms. The molecule has 1 amide bonds. The van der Waals surface area contributed by atoms with Gasteiger partial charge in [-0.05, 0) is 36.2 Å². The first-order valence-corrected chi connectivity index (χ1v) is 10.9. The van der Waals surface area contributed by atoms with E-state index in [0.29, 0.717) is 12.8 Å². The van der Waals surface area contributed by atoms with E-state index in [1.165, 1.54) is 24.1 Å². The zero-order chi connectivity index (χ0) is 20.1. The van der Waals surface area contributed by atoms with Crippen molar-refractivity contribution in [2.45, 2.75) is 17.7 Å². The van der Waals surface area contributed by atoms with Gasteiger partial charge in [0, 0.05) is 52.4 Å². The molecule has 6 nitrogen and oxygen atoms in total. The third kappa shape index (κ3) is 4.72.